The van der Waals surface area contributed by atoms with Gasteiger partial charge in [-0.3, -0.25) is 10.2 Å². The first-order chi connectivity index (χ1) is 8.21. The fourth-order valence-corrected chi connectivity index (χ4v) is 1.37. The molecule has 0 saturated carbocycles. The molecule has 18 heavy (non-hydrogen) atoms. The Morgan fingerprint density at radius 2 is 2.11 bits per heavy atom. The van der Waals surface area contributed by atoms with Gasteiger partial charge in [0.05, 0.1) is 16.8 Å². The minimum absolute atomic E-state index is 0.174. The number of hydrogen-bond donors (Lipinski definition) is 1. The summed E-state index contributed by atoms with van der Waals surface area (Å²) in [6.45, 7) is 1.25. The minimum Gasteiger partial charge on any atom is -0.293 e. The zero-order chi connectivity index (χ0) is 13.9. The molecule has 4 nitrogen and oxygen atoms in total. The predicted molar refractivity (Wildman–Crippen MR) is 62.1 cm³/mol. The van der Waals surface area contributed by atoms with Gasteiger partial charge in [-0.1, -0.05) is 23.2 Å². The lowest BCUT2D eigenvalue weighted by Gasteiger charge is -2.10. The summed E-state index contributed by atoms with van der Waals surface area (Å²) in [5.41, 5.74) is 1.07. The fraction of sp³-hybridized carbons (Fsp3) is 0.222. The number of carbonyl (C=O) groups excluding carboxylic acids is 1. The molecule has 0 spiro atoms. The number of pyridine rings is 1. The molecule has 1 aromatic rings. The van der Waals surface area contributed by atoms with Gasteiger partial charge in [0.15, 0.2) is 11.6 Å². The molecule has 0 radical (unpaired) electrons. The highest BCUT2D eigenvalue weighted by Crippen LogP contribution is 2.37. The van der Waals surface area contributed by atoms with Gasteiger partial charge in [0.2, 0.25) is 0 Å². The number of hydrogen-bond acceptors (Lipinski definition) is 4. The quantitative estimate of drug-likeness (QED) is 0.529. The molecule has 1 rings (SSSR count). The standard InChI is InChI=1S/C9H6Cl2F3N3O/c1-4(18)3-15-17-8-6(10)2-5(7(11)16-8)9(12,13)14/h2-3H,1H3,(H,16,17)/b15-3+. The Morgan fingerprint density at radius 3 is 2.61 bits per heavy atom. The van der Waals surface area contributed by atoms with Gasteiger partial charge in [-0.05, 0) is 6.07 Å². The maximum atomic E-state index is 12.4. The van der Waals surface area contributed by atoms with Crippen molar-refractivity contribution in [3.8, 4) is 0 Å². The number of ketones is 1. The van der Waals surface area contributed by atoms with Gasteiger partial charge in [0.25, 0.3) is 0 Å². The number of carbonyl (C=O) groups is 1. The Labute approximate surface area is 110 Å². The normalized spacial score (nSPS) is 11.9. The molecule has 1 aromatic heterocycles. The van der Waals surface area contributed by atoms with Crippen LogP contribution in [0.3, 0.4) is 0 Å². The number of halogens is 5. The van der Waals surface area contributed by atoms with Crippen molar-refractivity contribution < 1.29 is 18.0 Å². The van der Waals surface area contributed by atoms with Crippen LogP contribution in [0.25, 0.3) is 0 Å². The topological polar surface area (TPSA) is 54.4 Å². The van der Waals surface area contributed by atoms with Crippen molar-refractivity contribution in [2.75, 3.05) is 5.43 Å². The third-order valence-electron chi connectivity index (χ3n) is 1.65. The highest BCUT2D eigenvalue weighted by atomic mass is 35.5. The van der Waals surface area contributed by atoms with Crippen molar-refractivity contribution in [2.45, 2.75) is 13.1 Å². The number of nitrogens with zero attached hydrogens (tertiary/aromatic N) is 2. The molecule has 0 unspecified atom stereocenters. The zero-order valence-corrected chi connectivity index (χ0v) is 10.4. The van der Waals surface area contributed by atoms with E-state index in [1.54, 1.807) is 0 Å². The van der Waals surface area contributed by atoms with E-state index in [9.17, 15) is 18.0 Å². The van der Waals surface area contributed by atoms with E-state index < -0.39 is 16.9 Å². The Hall–Kier alpha value is -1.34. The molecule has 0 aliphatic rings. The average Bonchev–Trinajstić information content (AvgIpc) is 2.20. The molecule has 98 valence electrons. The summed E-state index contributed by atoms with van der Waals surface area (Å²) in [4.78, 5) is 14.0. The first kappa shape index (κ1) is 14.7. The van der Waals surface area contributed by atoms with Crippen LogP contribution in [0.5, 0.6) is 0 Å². The summed E-state index contributed by atoms with van der Waals surface area (Å²) in [6, 6.07) is 0.627. The lowest BCUT2D eigenvalue weighted by Crippen LogP contribution is -2.08. The van der Waals surface area contributed by atoms with Gasteiger partial charge in [-0.15, -0.1) is 0 Å². The number of alkyl halides is 3. The van der Waals surface area contributed by atoms with Gasteiger partial charge in [0.1, 0.15) is 5.15 Å². The van der Waals surface area contributed by atoms with Crippen molar-refractivity contribution in [2.24, 2.45) is 5.10 Å². The second-order valence-electron chi connectivity index (χ2n) is 3.14. The van der Waals surface area contributed by atoms with Crippen LogP contribution >= 0.6 is 23.2 Å². The van der Waals surface area contributed by atoms with Crippen LogP contribution in [-0.4, -0.2) is 17.0 Å². The van der Waals surface area contributed by atoms with Crippen LogP contribution in [-0.2, 0) is 11.0 Å². The Bertz CT molecular complexity index is 503. The van der Waals surface area contributed by atoms with Crippen molar-refractivity contribution in [3.63, 3.8) is 0 Å². The summed E-state index contributed by atoms with van der Waals surface area (Å²) in [6.07, 6.45) is -3.72. The fourth-order valence-electron chi connectivity index (χ4n) is 0.928. The highest BCUT2D eigenvalue weighted by Gasteiger charge is 2.34. The van der Waals surface area contributed by atoms with E-state index in [0.717, 1.165) is 6.21 Å². The molecule has 0 amide bonds. The van der Waals surface area contributed by atoms with E-state index in [4.69, 9.17) is 23.2 Å². The summed E-state index contributed by atoms with van der Waals surface area (Å²) in [7, 11) is 0. The number of nitrogens with one attached hydrogen (secondary N) is 1. The van der Waals surface area contributed by atoms with Crippen LogP contribution < -0.4 is 5.43 Å². The SMILES string of the molecule is CC(=O)/C=N/Nc1nc(Cl)c(C(F)(F)F)cc1Cl. The Morgan fingerprint density at radius 1 is 1.50 bits per heavy atom. The molecule has 0 aliphatic carbocycles. The molecule has 0 fully saturated rings. The van der Waals surface area contributed by atoms with Gasteiger partial charge < -0.3 is 0 Å². The molecule has 0 atom stereocenters. The van der Waals surface area contributed by atoms with Crippen molar-refractivity contribution in [1.82, 2.24) is 4.98 Å². The number of Topliss-reactive ketones (excluding diaryl/α,β-unsaturated/α-hetero) is 1. The van der Waals surface area contributed by atoms with Gasteiger partial charge >= 0.3 is 6.18 Å². The van der Waals surface area contributed by atoms with Crippen molar-refractivity contribution in [1.29, 1.82) is 0 Å². The van der Waals surface area contributed by atoms with E-state index >= 15 is 0 Å². The second kappa shape index (κ2) is 5.53. The van der Waals surface area contributed by atoms with E-state index in [1.165, 1.54) is 6.92 Å². The average molecular weight is 300 g/mol. The monoisotopic (exact) mass is 299 g/mol. The Balaban J connectivity index is 3.04. The van der Waals surface area contributed by atoms with Crippen molar-refractivity contribution in [3.05, 3.63) is 21.8 Å². The van der Waals surface area contributed by atoms with Crippen LogP contribution in [0.1, 0.15) is 12.5 Å². The van der Waals surface area contributed by atoms with E-state index in [-0.39, 0.29) is 16.6 Å². The largest absolute Gasteiger partial charge is 0.419 e. The second-order valence-corrected chi connectivity index (χ2v) is 3.90. The molecule has 9 heteroatoms. The number of rotatable bonds is 3. The molecule has 0 bridgehead atoms. The molecule has 1 N–H and O–H groups in total. The number of anilines is 1. The van der Waals surface area contributed by atoms with Crippen molar-refractivity contribution >= 4 is 41.0 Å². The molecular formula is C9H6Cl2F3N3O. The van der Waals surface area contributed by atoms with Crippen LogP contribution in [0, 0.1) is 0 Å². The minimum atomic E-state index is -4.64. The molecule has 0 aliphatic heterocycles. The van der Waals surface area contributed by atoms with Gasteiger partial charge in [-0.25, -0.2) is 4.98 Å². The third-order valence-corrected chi connectivity index (χ3v) is 2.23. The summed E-state index contributed by atoms with van der Waals surface area (Å²) in [5.74, 6) is -0.524. The lowest BCUT2D eigenvalue weighted by molar-refractivity contribution is -0.137. The number of aromatic nitrogens is 1. The predicted octanol–water partition coefficient (Wildman–Crippen LogP) is 3.39. The molecular weight excluding hydrogens is 294 g/mol. The number of hydrazone groups is 1. The van der Waals surface area contributed by atoms with E-state index in [1.807, 2.05) is 0 Å². The summed E-state index contributed by atoms with van der Waals surface area (Å²) in [5, 5.41) is 2.35. The molecule has 0 aromatic carbocycles. The third kappa shape index (κ3) is 3.85. The lowest BCUT2D eigenvalue weighted by atomic mass is 10.3. The van der Waals surface area contributed by atoms with E-state index in [0.29, 0.717) is 6.07 Å². The maximum Gasteiger partial charge on any atom is 0.419 e. The molecule has 1 heterocycles. The van der Waals surface area contributed by atoms with Gasteiger partial charge in [0, 0.05) is 6.92 Å². The Kier molecular flexibility index (Phi) is 4.53. The highest BCUT2D eigenvalue weighted by molar-refractivity contribution is 6.34. The maximum absolute atomic E-state index is 12.4. The smallest absolute Gasteiger partial charge is 0.293 e. The van der Waals surface area contributed by atoms with E-state index in [2.05, 4.69) is 15.5 Å². The zero-order valence-electron chi connectivity index (χ0n) is 8.85. The molecule has 0 saturated heterocycles. The first-order valence-corrected chi connectivity index (χ1v) is 5.20. The first-order valence-electron chi connectivity index (χ1n) is 4.44. The van der Waals surface area contributed by atoms with Gasteiger partial charge in [-0.2, -0.15) is 18.3 Å². The van der Waals surface area contributed by atoms with Crippen LogP contribution in [0.15, 0.2) is 11.2 Å². The summed E-state index contributed by atoms with van der Waals surface area (Å²) < 4.78 is 37.3. The van der Waals surface area contributed by atoms with Crippen LogP contribution in [0.2, 0.25) is 10.2 Å². The van der Waals surface area contributed by atoms with Crippen LogP contribution in [0.4, 0.5) is 19.0 Å². The summed E-state index contributed by atoms with van der Waals surface area (Å²) >= 11 is 11.0.